The number of aliphatic imine (C=N–C) groups is 1. The van der Waals surface area contributed by atoms with Gasteiger partial charge in [0.2, 0.25) is 5.96 Å². The highest BCUT2D eigenvalue weighted by Gasteiger charge is 2.19. The van der Waals surface area contributed by atoms with E-state index < -0.39 is 0 Å². The van der Waals surface area contributed by atoms with E-state index in [1.807, 2.05) is 12.1 Å². The van der Waals surface area contributed by atoms with E-state index in [9.17, 15) is 0 Å². The lowest BCUT2D eigenvalue weighted by molar-refractivity contribution is 0.371. The maximum Gasteiger partial charge on any atom is 0.208 e. The van der Waals surface area contributed by atoms with E-state index in [1.54, 1.807) is 0 Å². The van der Waals surface area contributed by atoms with Gasteiger partial charge in [-0.15, -0.1) is 0 Å². The monoisotopic (exact) mass is 309 g/mol. The second-order valence-corrected chi connectivity index (χ2v) is 6.09. The van der Waals surface area contributed by atoms with Crippen LogP contribution in [0.3, 0.4) is 0 Å². The van der Waals surface area contributed by atoms with Gasteiger partial charge in [0.1, 0.15) is 0 Å². The minimum Gasteiger partial charge on any atom is -0.368 e. The van der Waals surface area contributed by atoms with E-state index in [1.165, 1.54) is 5.69 Å². The molecule has 1 aliphatic heterocycles. The van der Waals surface area contributed by atoms with Gasteiger partial charge in [-0.3, -0.25) is 10.4 Å². The summed E-state index contributed by atoms with van der Waals surface area (Å²) in [5.41, 5.74) is 3.94. The Kier molecular flexibility index (Phi) is 5.70. The van der Waals surface area contributed by atoms with Crippen molar-refractivity contribution in [3.8, 4) is 0 Å². The predicted molar refractivity (Wildman–Crippen MR) is 89.7 cm³/mol. The third-order valence-corrected chi connectivity index (χ3v) is 3.76. The summed E-state index contributed by atoms with van der Waals surface area (Å²) in [5, 5.41) is 0.771. The standard InChI is InChI=1S/C15H24ClN5/c1-12(2)11-18-15(19-17)21-9-7-20(8-10-21)14-5-3-13(16)4-6-14/h3-6,12H,7-11,17H2,1-2H3,(H,18,19). The van der Waals surface area contributed by atoms with Crippen LogP contribution >= 0.6 is 11.6 Å². The number of hydrogen-bond acceptors (Lipinski definition) is 3. The highest BCUT2D eigenvalue weighted by Crippen LogP contribution is 2.19. The van der Waals surface area contributed by atoms with Crippen LogP contribution in [0.5, 0.6) is 0 Å². The van der Waals surface area contributed by atoms with Crippen molar-refractivity contribution in [2.45, 2.75) is 13.8 Å². The van der Waals surface area contributed by atoms with Gasteiger partial charge in [0.25, 0.3) is 0 Å². The number of nitrogens with two attached hydrogens (primary N) is 1. The lowest BCUT2D eigenvalue weighted by Gasteiger charge is -2.37. The van der Waals surface area contributed by atoms with Crippen LogP contribution in [0.4, 0.5) is 5.69 Å². The van der Waals surface area contributed by atoms with Crippen LogP contribution in [0.1, 0.15) is 13.8 Å². The molecule has 3 N–H and O–H groups in total. The van der Waals surface area contributed by atoms with Crippen LogP contribution in [-0.4, -0.2) is 43.6 Å². The van der Waals surface area contributed by atoms with Gasteiger partial charge in [0, 0.05) is 43.4 Å². The molecule has 0 aromatic heterocycles. The van der Waals surface area contributed by atoms with Crippen LogP contribution in [0.2, 0.25) is 5.02 Å². The zero-order valence-electron chi connectivity index (χ0n) is 12.7. The molecule has 0 saturated carbocycles. The van der Waals surface area contributed by atoms with Gasteiger partial charge in [-0.1, -0.05) is 25.4 Å². The average Bonchev–Trinajstić information content (AvgIpc) is 2.49. The second kappa shape index (κ2) is 7.52. The smallest absolute Gasteiger partial charge is 0.208 e. The number of hydrazine groups is 1. The van der Waals surface area contributed by atoms with E-state index in [0.717, 1.165) is 43.7 Å². The Hall–Kier alpha value is -1.46. The molecule has 6 heteroatoms. The SMILES string of the molecule is CC(C)CN=C(NN)N1CCN(c2ccc(Cl)cc2)CC1. The van der Waals surface area contributed by atoms with Gasteiger partial charge in [0.05, 0.1) is 0 Å². The normalized spacial score (nSPS) is 16.5. The Bertz CT molecular complexity index is 463. The Morgan fingerprint density at radius 2 is 1.86 bits per heavy atom. The van der Waals surface area contributed by atoms with Crippen molar-refractivity contribution < 1.29 is 0 Å². The molecule has 21 heavy (non-hydrogen) atoms. The van der Waals surface area contributed by atoms with Gasteiger partial charge in [-0.2, -0.15) is 0 Å². The highest BCUT2D eigenvalue weighted by molar-refractivity contribution is 6.30. The van der Waals surface area contributed by atoms with E-state index >= 15 is 0 Å². The first kappa shape index (κ1) is 15.9. The number of piperazine rings is 1. The summed E-state index contributed by atoms with van der Waals surface area (Å²) in [6, 6.07) is 7.99. The summed E-state index contributed by atoms with van der Waals surface area (Å²) in [5.74, 6) is 6.92. The van der Waals surface area contributed by atoms with E-state index in [0.29, 0.717) is 5.92 Å². The number of rotatable bonds is 3. The molecule has 0 aliphatic carbocycles. The summed E-state index contributed by atoms with van der Waals surface area (Å²) < 4.78 is 0. The zero-order chi connectivity index (χ0) is 15.2. The number of halogens is 1. The summed E-state index contributed by atoms with van der Waals surface area (Å²) in [7, 11) is 0. The Balaban J connectivity index is 1.92. The van der Waals surface area contributed by atoms with Crippen LogP contribution < -0.4 is 16.2 Å². The van der Waals surface area contributed by atoms with E-state index in [4.69, 9.17) is 17.4 Å². The van der Waals surface area contributed by atoms with Crippen molar-refractivity contribution in [3.05, 3.63) is 29.3 Å². The first-order chi connectivity index (χ1) is 10.1. The molecule has 2 rings (SSSR count). The van der Waals surface area contributed by atoms with Crippen molar-refractivity contribution in [2.75, 3.05) is 37.6 Å². The molecule has 1 saturated heterocycles. The fourth-order valence-corrected chi connectivity index (χ4v) is 2.46. The molecule has 1 aliphatic rings. The maximum atomic E-state index is 5.93. The average molecular weight is 310 g/mol. The van der Waals surface area contributed by atoms with Crippen molar-refractivity contribution in [2.24, 2.45) is 16.8 Å². The maximum absolute atomic E-state index is 5.93. The quantitative estimate of drug-likeness (QED) is 0.388. The lowest BCUT2D eigenvalue weighted by atomic mass is 10.2. The van der Waals surface area contributed by atoms with Crippen LogP contribution in [0.15, 0.2) is 29.3 Å². The van der Waals surface area contributed by atoms with Crippen molar-refractivity contribution >= 4 is 23.2 Å². The van der Waals surface area contributed by atoms with Gasteiger partial charge in [-0.25, -0.2) is 5.84 Å². The number of nitrogens with one attached hydrogen (secondary N) is 1. The highest BCUT2D eigenvalue weighted by atomic mass is 35.5. The van der Waals surface area contributed by atoms with Crippen LogP contribution in [0, 0.1) is 5.92 Å². The van der Waals surface area contributed by atoms with Gasteiger partial charge >= 0.3 is 0 Å². The fraction of sp³-hybridized carbons (Fsp3) is 0.533. The number of anilines is 1. The molecule has 1 heterocycles. The first-order valence-corrected chi connectivity index (χ1v) is 7.74. The summed E-state index contributed by atoms with van der Waals surface area (Å²) in [6.45, 7) is 8.80. The van der Waals surface area contributed by atoms with Gasteiger partial charge in [-0.05, 0) is 30.2 Å². The molecule has 5 nitrogen and oxygen atoms in total. The molecular weight excluding hydrogens is 286 g/mol. The Labute approximate surface area is 131 Å². The summed E-state index contributed by atoms with van der Waals surface area (Å²) in [6.07, 6.45) is 0. The first-order valence-electron chi connectivity index (χ1n) is 7.36. The minimum atomic E-state index is 0.531. The lowest BCUT2D eigenvalue weighted by Crippen LogP contribution is -2.54. The summed E-state index contributed by atoms with van der Waals surface area (Å²) >= 11 is 5.93. The number of benzene rings is 1. The van der Waals surface area contributed by atoms with Gasteiger partial charge in [0.15, 0.2) is 0 Å². The van der Waals surface area contributed by atoms with Crippen molar-refractivity contribution in [3.63, 3.8) is 0 Å². The summed E-state index contributed by atoms with van der Waals surface area (Å²) in [4.78, 5) is 9.10. The number of guanidine groups is 1. The van der Waals surface area contributed by atoms with Gasteiger partial charge < -0.3 is 9.80 Å². The largest absolute Gasteiger partial charge is 0.368 e. The molecule has 1 aromatic rings. The van der Waals surface area contributed by atoms with Crippen molar-refractivity contribution in [1.82, 2.24) is 10.3 Å². The second-order valence-electron chi connectivity index (χ2n) is 5.65. The van der Waals surface area contributed by atoms with Crippen molar-refractivity contribution in [1.29, 1.82) is 0 Å². The molecule has 0 radical (unpaired) electrons. The topological polar surface area (TPSA) is 56.9 Å². The zero-order valence-corrected chi connectivity index (χ0v) is 13.5. The molecule has 116 valence electrons. The molecule has 0 spiro atoms. The molecule has 0 amide bonds. The molecule has 0 unspecified atom stereocenters. The fourth-order valence-electron chi connectivity index (χ4n) is 2.33. The minimum absolute atomic E-state index is 0.531. The number of nitrogens with zero attached hydrogens (tertiary/aromatic N) is 3. The Morgan fingerprint density at radius 3 is 2.38 bits per heavy atom. The molecule has 0 bridgehead atoms. The van der Waals surface area contributed by atoms with E-state index in [-0.39, 0.29) is 0 Å². The predicted octanol–water partition coefficient (Wildman–Crippen LogP) is 1.94. The molecule has 0 atom stereocenters. The van der Waals surface area contributed by atoms with E-state index in [2.05, 4.69) is 46.2 Å². The number of hydrogen-bond donors (Lipinski definition) is 2. The van der Waals surface area contributed by atoms with Crippen LogP contribution in [0.25, 0.3) is 0 Å². The molecule has 1 aromatic carbocycles. The third-order valence-electron chi connectivity index (χ3n) is 3.51. The third kappa shape index (κ3) is 4.51. The molecule has 1 fully saturated rings. The van der Waals surface area contributed by atoms with Crippen LogP contribution in [-0.2, 0) is 0 Å². The molecular formula is C15H24ClN5. The Morgan fingerprint density at radius 1 is 1.24 bits per heavy atom.